The van der Waals surface area contributed by atoms with E-state index in [1.165, 1.54) is 6.92 Å². The number of nitriles is 1. The largest absolute Gasteiger partial charge is 0.353 e. The van der Waals surface area contributed by atoms with Gasteiger partial charge in [-0.1, -0.05) is 0 Å². The SMILES string of the molecule is CC(=O)Nc1cc(-c2[nH]c3cc(C#N)cnc3c2C)ccn1. The van der Waals surface area contributed by atoms with Gasteiger partial charge in [-0.25, -0.2) is 4.98 Å². The number of pyridine rings is 2. The van der Waals surface area contributed by atoms with E-state index < -0.39 is 0 Å². The molecular weight excluding hydrogens is 278 g/mol. The molecule has 3 heterocycles. The second-order valence-corrected chi connectivity index (χ2v) is 4.97. The summed E-state index contributed by atoms with van der Waals surface area (Å²) in [6.07, 6.45) is 3.20. The monoisotopic (exact) mass is 291 g/mol. The summed E-state index contributed by atoms with van der Waals surface area (Å²) in [6.45, 7) is 3.40. The van der Waals surface area contributed by atoms with Crippen molar-refractivity contribution in [1.29, 1.82) is 5.26 Å². The van der Waals surface area contributed by atoms with Gasteiger partial charge in [0.15, 0.2) is 0 Å². The molecule has 0 radical (unpaired) electrons. The van der Waals surface area contributed by atoms with E-state index in [0.717, 1.165) is 27.9 Å². The first-order valence-electron chi connectivity index (χ1n) is 6.71. The van der Waals surface area contributed by atoms with Crippen molar-refractivity contribution in [3.05, 3.63) is 41.7 Å². The fourth-order valence-corrected chi connectivity index (χ4v) is 2.39. The normalized spacial score (nSPS) is 10.4. The van der Waals surface area contributed by atoms with Crippen molar-refractivity contribution in [2.24, 2.45) is 0 Å². The van der Waals surface area contributed by atoms with Crippen LogP contribution in [0.15, 0.2) is 30.6 Å². The third kappa shape index (κ3) is 2.40. The zero-order valence-electron chi connectivity index (χ0n) is 12.1. The average Bonchev–Trinajstić information content (AvgIpc) is 2.83. The molecule has 108 valence electrons. The highest BCUT2D eigenvalue weighted by atomic mass is 16.1. The van der Waals surface area contributed by atoms with Gasteiger partial charge in [-0.2, -0.15) is 5.26 Å². The molecular formula is C16H13N5O. The molecule has 0 unspecified atom stereocenters. The minimum Gasteiger partial charge on any atom is -0.353 e. The highest BCUT2D eigenvalue weighted by molar-refractivity contribution is 5.90. The van der Waals surface area contributed by atoms with Gasteiger partial charge >= 0.3 is 0 Å². The van der Waals surface area contributed by atoms with Crippen molar-refractivity contribution in [1.82, 2.24) is 15.0 Å². The zero-order valence-corrected chi connectivity index (χ0v) is 12.1. The molecule has 0 atom stereocenters. The lowest BCUT2D eigenvalue weighted by atomic mass is 10.1. The van der Waals surface area contributed by atoms with Crippen LogP contribution in [-0.4, -0.2) is 20.9 Å². The van der Waals surface area contributed by atoms with Crippen LogP contribution in [-0.2, 0) is 4.79 Å². The quantitative estimate of drug-likeness (QED) is 0.759. The number of aromatic amines is 1. The molecule has 0 saturated heterocycles. The third-order valence-electron chi connectivity index (χ3n) is 3.36. The number of hydrogen-bond acceptors (Lipinski definition) is 4. The van der Waals surface area contributed by atoms with Crippen LogP contribution in [0.4, 0.5) is 5.82 Å². The Morgan fingerprint density at radius 3 is 2.91 bits per heavy atom. The number of carbonyl (C=O) groups excluding carboxylic acids is 1. The van der Waals surface area contributed by atoms with Crippen molar-refractivity contribution in [2.75, 3.05) is 5.32 Å². The van der Waals surface area contributed by atoms with Crippen LogP contribution in [0.1, 0.15) is 18.1 Å². The van der Waals surface area contributed by atoms with Crippen molar-refractivity contribution >= 4 is 22.8 Å². The Kier molecular flexibility index (Phi) is 3.31. The van der Waals surface area contributed by atoms with E-state index in [0.29, 0.717) is 11.4 Å². The summed E-state index contributed by atoms with van der Waals surface area (Å²) < 4.78 is 0. The van der Waals surface area contributed by atoms with Gasteiger partial charge in [0.1, 0.15) is 11.9 Å². The van der Waals surface area contributed by atoms with E-state index in [2.05, 4.69) is 26.3 Å². The summed E-state index contributed by atoms with van der Waals surface area (Å²) in [4.78, 5) is 22.9. The molecule has 0 aromatic carbocycles. The van der Waals surface area contributed by atoms with E-state index in [1.807, 2.05) is 13.0 Å². The Morgan fingerprint density at radius 1 is 1.36 bits per heavy atom. The number of hydrogen-bond donors (Lipinski definition) is 2. The van der Waals surface area contributed by atoms with Gasteiger partial charge in [-0.3, -0.25) is 9.78 Å². The van der Waals surface area contributed by atoms with E-state index in [1.54, 1.807) is 24.5 Å². The summed E-state index contributed by atoms with van der Waals surface area (Å²) in [5.41, 5.74) is 4.92. The first kappa shape index (κ1) is 13.8. The van der Waals surface area contributed by atoms with Crippen LogP contribution in [0.3, 0.4) is 0 Å². The second-order valence-electron chi connectivity index (χ2n) is 4.97. The topological polar surface area (TPSA) is 94.5 Å². The molecule has 0 aliphatic heterocycles. The summed E-state index contributed by atoms with van der Waals surface area (Å²) in [5, 5.41) is 11.6. The molecule has 3 aromatic rings. The number of carbonyl (C=O) groups is 1. The molecule has 0 bridgehead atoms. The number of nitrogens with zero attached hydrogens (tertiary/aromatic N) is 3. The minimum absolute atomic E-state index is 0.168. The van der Waals surface area contributed by atoms with Gasteiger partial charge < -0.3 is 10.3 Å². The number of aryl methyl sites for hydroxylation is 1. The van der Waals surface area contributed by atoms with E-state index in [-0.39, 0.29) is 5.91 Å². The molecule has 0 saturated carbocycles. The number of anilines is 1. The highest BCUT2D eigenvalue weighted by Crippen LogP contribution is 2.29. The first-order chi connectivity index (χ1) is 10.6. The number of H-pyrrole nitrogens is 1. The average molecular weight is 291 g/mol. The lowest BCUT2D eigenvalue weighted by molar-refractivity contribution is -0.114. The molecule has 3 aromatic heterocycles. The lowest BCUT2D eigenvalue weighted by Crippen LogP contribution is -2.07. The Labute approximate surface area is 126 Å². The predicted molar refractivity (Wildman–Crippen MR) is 83.1 cm³/mol. The highest BCUT2D eigenvalue weighted by Gasteiger charge is 2.12. The maximum absolute atomic E-state index is 11.1. The molecule has 3 rings (SSSR count). The second kappa shape index (κ2) is 5.30. The molecule has 0 aliphatic carbocycles. The molecule has 1 amide bonds. The van der Waals surface area contributed by atoms with Gasteiger partial charge in [0, 0.05) is 30.4 Å². The van der Waals surface area contributed by atoms with Crippen LogP contribution in [0.2, 0.25) is 0 Å². The zero-order chi connectivity index (χ0) is 15.7. The van der Waals surface area contributed by atoms with E-state index in [9.17, 15) is 4.79 Å². The van der Waals surface area contributed by atoms with Gasteiger partial charge in [-0.15, -0.1) is 0 Å². The van der Waals surface area contributed by atoms with Crippen molar-refractivity contribution in [2.45, 2.75) is 13.8 Å². The van der Waals surface area contributed by atoms with Crippen LogP contribution in [0.25, 0.3) is 22.3 Å². The molecule has 6 heteroatoms. The molecule has 0 spiro atoms. The maximum Gasteiger partial charge on any atom is 0.222 e. The molecule has 2 N–H and O–H groups in total. The van der Waals surface area contributed by atoms with Crippen LogP contribution < -0.4 is 5.32 Å². The van der Waals surface area contributed by atoms with Gasteiger partial charge in [0.25, 0.3) is 0 Å². The fraction of sp³-hybridized carbons (Fsp3) is 0.125. The fourth-order valence-electron chi connectivity index (χ4n) is 2.39. The number of aromatic nitrogens is 3. The summed E-state index contributed by atoms with van der Waals surface area (Å²) in [6, 6.07) is 7.50. The third-order valence-corrected chi connectivity index (χ3v) is 3.36. The number of amides is 1. The van der Waals surface area contributed by atoms with E-state index >= 15 is 0 Å². The van der Waals surface area contributed by atoms with E-state index in [4.69, 9.17) is 5.26 Å². The first-order valence-corrected chi connectivity index (χ1v) is 6.71. The summed E-state index contributed by atoms with van der Waals surface area (Å²) in [5.74, 6) is 0.326. The van der Waals surface area contributed by atoms with Crippen LogP contribution in [0, 0.1) is 18.3 Å². The molecule has 0 fully saturated rings. The summed E-state index contributed by atoms with van der Waals surface area (Å²) in [7, 11) is 0. The smallest absolute Gasteiger partial charge is 0.222 e. The standard InChI is InChI=1S/C16H13N5O/c1-9-15(12-3-4-18-14(6-12)20-10(2)22)21-13-5-11(7-17)8-19-16(9)13/h3-6,8,21H,1-2H3,(H,18,20,22). The Hall–Kier alpha value is -3.20. The van der Waals surface area contributed by atoms with Gasteiger partial charge in [0.05, 0.1) is 22.3 Å². The number of fused-ring (bicyclic) bond motifs is 1. The van der Waals surface area contributed by atoms with Crippen LogP contribution in [0.5, 0.6) is 0 Å². The van der Waals surface area contributed by atoms with Gasteiger partial charge in [0.2, 0.25) is 5.91 Å². The molecule has 0 aliphatic rings. The van der Waals surface area contributed by atoms with Gasteiger partial charge in [-0.05, 0) is 25.1 Å². The number of nitrogens with one attached hydrogen (secondary N) is 2. The van der Waals surface area contributed by atoms with Crippen LogP contribution >= 0.6 is 0 Å². The summed E-state index contributed by atoms with van der Waals surface area (Å²) >= 11 is 0. The van der Waals surface area contributed by atoms with Crippen molar-refractivity contribution in [3.63, 3.8) is 0 Å². The van der Waals surface area contributed by atoms with Crippen molar-refractivity contribution in [3.8, 4) is 17.3 Å². The number of rotatable bonds is 2. The Balaban J connectivity index is 2.12. The Morgan fingerprint density at radius 2 is 2.18 bits per heavy atom. The predicted octanol–water partition coefficient (Wildman–Crippen LogP) is 2.76. The lowest BCUT2D eigenvalue weighted by Gasteiger charge is -2.04. The minimum atomic E-state index is -0.168. The Bertz CT molecular complexity index is 920. The molecule has 22 heavy (non-hydrogen) atoms. The molecule has 6 nitrogen and oxygen atoms in total. The maximum atomic E-state index is 11.1. The van der Waals surface area contributed by atoms with Crippen molar-refractivity contribution < 1.29 is 4.79 Å².